The number of nitrogens with one attached hydrogen (secondary N) is 1. The zero-order valence-electron chi connectivity index (χ0n) is 9.36. The number of hydrogen-bond donors (Lipinski definition) is 2. The van der Waals surface area contributed by atoms with Crippen LogP contribution < -0.4 is 11.1 Å². The number of hydrogen-bond acceptors (Lipinski definition) is 4. The standard InChI is InChI=1S/C12H14N4/c1-8-4-3-5-9(2)11(8)16-12-14-7-6-10(13)15-12/h3-7H,1-2H3,(H3,13,14,15,16). The number of benzene rings is 1. The first-order valence-electron chi connectivity index (χ1n) is 5.08. The fourth-order valence-electron chi connectivity index (χ4n) is 1.56. The van der Waals surface area contributed by atoms with Gasteiger partial charge in [0.2, 0.25) is 5.95 Å². The molecule has 16 heavy (non-hydrogen) atoms. The van der Waals surface area contributed by atoms with Crippen LogP contribution >= 0.6 is 0 Å². The van der Waals surface area contributed by atoms with E-state index in [9.17, 15) is 0 Å². The van der Waals surface area contributed by atoms with Gasteiger partial charge < -0.3 is 11.1 Å². The first kappa shape index (κ1) is 10.4. The van der Waals surface area contributed by atoms with Crippen molar-refractivity contribution < 1.29 is 0 Å². The van der Waals surface area contributed by atoms with Gasteiger partial charge in [-0.1, -0.05) is 18.2 Å². The van der Waals surface area contributed by atoms with Gasteiger partial charge in [-0.2, -0.15) is 4.98 Å². The third kappa shape index (κ3) is 2.11. The Hall–Kier alpha value is -2.10. The Bertz CT molecular complexity index is 488. The highest BCUT2D eigenvalue weighted by atomic mass is 15.1. The molecule has 0 saturated heterocycles. The Morgan fingerprint density at radius 1 is 1.12 bits per heavy atom. The number of aromatic nitrogens is 2. The number of rotatable bonds is 2. The zero-order valence-corrected chi connectivity index (χ0v) is 9.36. The van der Waals surface area contributed by atoms with E-state index in [-0.39, 0.29) is 0 Å². The predicted molar refractivity (Wildman–Crippen MR) is 65.6 cm³/mol. The Balaban J connectivity index is 2.34. The molecule has 0 atom stereocenters. The highest BCUT2D eigenvalue weighted by Crippen LogP contribution is 2.22. The number of nitrogens with two attached hydrogens (primary N) is 1. The third-order valence-electron chi connectivity index (χ3n) is 2.40. The maximum atomic E-state index is 5.60. The highest BCUT2D eigenvalue weighted by molar-refractivity contribution is 5.63. The molecule has 0 radical (unpaired) electrons. The van der Waals surface area contributed by atoms with Crippen LogP contribution in [0, 0.1) is 13.8 Å². The predicted octanol–water partition coefficient (Wildman–Crippen LogP) is 2.42. The van der Waals surface area contributed by atoms with Crippen LogP contribution in [0.5, 0.6) is 0 Å². The van der Waals surface area contributed by atoms with E-state index in [1.165, 1.54) is 0 Å². The van der Waals surface area contributed by atoms with Crippen molar-refractivity contribution in [1.82, 2.24) is 9.97 Å². The Kier molecular flexibility index (Phi) is 2.72. The molecule has 82 valence electrons. The molecule has 0 fully saturated rings. The average molecular weight is 214 g/mol. The molecule has 0 bridgehead atoms. The fraction of sp³-hybridized carbons (Fsp3) is 0.167. The summed E-state index contributed by atoms with van der Waals surface area (Å²) < 4.78 is 0. The van der Waals surface area contributed by atoms with E-state index in [2.05, 4.69) is 15.3 Å². The topological polar surface area (TPSA) is 63.8 Å². The van der Waals surface area contributed by atoms with E-state index in [1.54, 1.807) is 12.3 Å². The minimum atomic E-state index is 0.462. The zero-order chi connectivity index (χ0) is 11.5. The van der Waals surface area contributed by atoms with Crippen molar-refractivity contribution in [2.24, 2.45) is 0 Å². The number of nitrogens with zero attached hydrogens (tertiary/aromatic N) is 2. The van der Waals surface area contributed by atoms with Crippen molar-refractivity contribution in [3.63, 3.8) is 0 Å². The summed E-state index contributed by atoms with van der Waals surface area (Å²) in [7, 11) is 0. The maximum Gasteiger partial charge on any atom is 0.229 e. The summed E-state index contributed by atoms with van der Waals surface area (Å²) in [5.74, 6) is 0.987. The molecule has 4 nitrogen and oxygen atoms in total. The molecule has 1 aromatic heterocycles. The molecule has 0 amide bonds. The number of anilines is 3. The maximum absolute atomic E-state index is 5.60. The van der Waals surface area contributed by atoms with E-state index in [0.717, 1.165) is 16.8 Å². The van der Waals surface area contributed by atoms with E-state index < -0.39 is 0 Å². The molecule has 1 aromatic carbocycles. The Morgan fingerprint density at radius 2 is 1.81 bits per heavy atom. The first-order valence-corrected chi connectivity index (χ1v) is 5.08. The molecule has 4 heteroatoms. The van der Waals surface area contributed by atoms with E-state index in [0.29, 0.717) is 11.8 Å². The van der Waals surface area contributed by atoms with Crippen LogP contribution in [-0.4, -0.2) is 9.97 Å². The lowest BCUT2D eigenvalue weighted by Gasteiger charge is -2.10. The number of aryl methyl sites for hydroxylation is 2. The van der Waals surface area contributed by atoms with Crippen LogP contribution in [0.2, 0.25) is 0 Å². The van der Waals surface area contributed by atoms with E-state index >= 15 is 0 Å². The summed E-state index contributed by atoms with van der Waals surface area (Å²) in [5.41, 5.74) is 8.95. The molecule has 2 rings (SSSR count). The van der Waals surface area contributed by atoms with Gasteiger partial charge in [0, 0.05) is 11.9 Å². The van der Waals surface area contributed by atoms with Gasteiger partial charge in [0.05, 0.1) is 0 Å². The lowest BCUT2D eigenvalue weighted by molar-refractivity contribution is 1.16. The third-order valence-corrected chi connectivity index (χ3v) is 2.40. The average Bonchev–Trinajstić information content (AvgIpc) is 2.24. The van der Waals surface area contributed by atoms with Crippen LogP contribution in [0.1, 0.15) is 11.1 Å². The second-order valence-electron chi connectivity index (χ2n) is 3.70. The molecule has 0 unspecified atom stereocenters. The van der Waals surface area contributed by atoms with Gasteiger partial charge in [0.25, 0.3) is 0 Å². The van der Waals surface area contributed by atoms with Crippen LogP contribution in [0.25, 0.3) is 0 Å². The van der Waals surface area contributed by atoms with Crippen molar-refractivity contribution in [3.8, 4) is 0 Å². The van der Waals surface area contributed by atoms with Crippen LogP contribution in [0.4, 0.5) is 17.5 Å². The quantitative estimate of drug-likeness (QED) is 0.805. The fourth-order valence-corrected chi connectivity index (χ4v) is 1.56. The van der Waals surface area contributed by atoms with Gasteiger partial charge in [-0.3, -0.25) is 0 Å². The van der Waals surface area contributed by atoms with Gasteiger partial charge >= 0.3 is 0 Å². The normalized spacial score (nSPS) is 10.1. The van der Waals surface area contributed by atoms with Crippen LogP contribution in [-0.2, 0) is 0 Å². The summed E-state index contributed by atoms with van der Waals surface area (Å²) >= 11 is 0. The van der Waals surface area contributed by atoms with Crippen molar-refractivity contribution in [2.45, 2.75) is 13.8 Å². The highest BCUT2D eigenvalue weighted by Gasteiger charge is 2.03. The minimum absolute atomic E-state index is 0.462. The molecule has 0 saturated carbocycles. The second-order valence-corrected chi connectivity index (χ2v) is 3.70. The SMILES string of the molecule is Cc1cccc(C)c1Nc1nccc(N)n1. The minimum Gasteiger partial charge on any atom is -0.384 e. The number of nitrogen functional groups attached to an aromatic ring is 1. The molecule has 2 aromatic rings. The number of para-hydroxylation sites is 1. The summed E-state index contributed by atoms with van der Waals surface area (Å²) in [6, 6.07) is 7.77. The van der Waals surface area contributed by atoms with E-state index in [1.807, 2.05) is 32.0 Å². The Labute approximate surface area is 94.5 Å². The molecule has 1 heterocycles. The summed E-state index contributed by atoms with van der Waals surface area (Å²) in [4.78, 5) is 8.22. The molecule has 0 aliphatic carbocycles. The smallest absolute Gasteiger partial charge is 0.229 e. The molecule has 0 aliphatic heterocycles. The van der Waals surface area contributed by atoms with Gasteiger partial charge in [-0.25, -0.2) is 4.98 Å². The van der Waals surface area contributed by atoms with Crippen molar-refractivity contribution in [3.05, 3.63) is 41.6 Å². The second kappa shape index (κ2) is 4.18. The summed E-state index contributed by atoms with van der Waals surface area (Å²) in [5, 5.41) is 3.18. The summed E-state index contributed by atoms with van der Waals surface area (Å²) in [6.45, 7) is 4.09. The lowest BCUT2D eigenvalue weighted by Crippen LogP contribution is -2.02. The monoisotopic (exact) mass is 214 g/mol. The van der Waals surface area contributed by atoms with Gasteiger partial charge in [-0.15, -0.1) is 0 Å². The molecular formula is C12H14N4. The first-order chi connectivity index (χ1) is 7.66. The van der Waals surface area contributed by atoms with Gasteiger partial charge in [-0.05, 0) is 31.0 Å². The Morgan fingerprint density at radius 3 is 2.44 bits per heavy atom. The molecule has 0 aliphatic rings. The van der Waals surface area contributed by atoms with Crippen molar-refractivity contribution in [1.29, 1.82) is 0 Å². The van der Waals surface area contributed by atoms with Crippen molar-refractivity contribution in [2.75, 3.05) is 11.1 Å². The van der Waals surface area contributed by atoms with E-state index in [4.69, 9.17) is 5.73 Å². The van der Waals surface area contributed by atoms with Gasteiger partial charge in [0.15, 0.2) is 0 Å². The lowest BCUT2D eigenvalue weighted by atomic mass is 10.1. The molecule has 0 spiro atoms. The van der Waals surface area contributed by atoms with Crippen LogP contribution in [0.3, 0.4) is 0 Å². The summed E-state index contributed by atoms with van der Waals surface area (Å²) in [6.07, 6.45) is 1.64. The van der Waals surface area contributed by atoms with Crippen LogP contribution in [0.15, 0.2) is 30.5 Å². The van der Waals surface area contributed by atoms with Crippen molar-refractivity contribution >= 4 is 17.5 Å². The molecule has 3 N–H and O–H groups in total. The molecular weight excluding hydrogens is 200 g/mol. The van der Waals surface area contributed by atoms with Gasteiger partial charge in [0.1, 0.15) is 5.82 Å². The largest absolute Gasteiger partial charge is 0.384 e.